The molecule has 66 valence electrons. The SMILES string of the molecule is [C-]#[N+]c1cc(Br)cc(F)c1[N+](=O)[O-]. The molecule has 0 saturated heterocycles. The van der Waals surface area contributed by atoms with Crippen molar-refractivity contribution in [2.45, 2.75) is 0 Å². The summed E-state index contributed by atoms with van der Waals surface area (Å²) in [5.41, 5.74) is -1.09. The number of halogens is 2. The third-order valence-corrected chi connectivity index (χ3v) is 1.77. The van der Waals surface area contributed by atoms with Gasteiger partial charge < -0.3 is 0 Å². The summed E-state index contributed by atoms with van der Waals surface area (Å²) in [6.45, 7) is 6.60. The molecule has 0 saturated carbocycles. The van der Waals surface area contributed by atoms with E-state index in [0.29, 0.717) is 4.47 Å². The summed E-state index contributed by atoms with van der Waals surface area (Å²) in [5.74, 6) is -1.01. The second-order valence-electron chi connectivity index (χ2n) is 2.12. The van der Waals surface area contributed by atoms with E-state index in [9.17, 15) is 14.5 Å². The Morgan fingerprint density at radius 3 is 2.69 bits per heavy atom. The molecule has 4 nitrogen and oxygen atoms in total. The van der Waals surface area contributed by atoms with Crippen molar-refractivity contribution in [3.63, 3.8) is 0 Å². The van der Waals surface area contributed by atoms with Crippen LogP contribution >= 0.6 is 15.9 Å². The Balaban J connectivity index is 3.50. The maximum absolute atomic E-state index is 12.9. The fourth-order valence-electron chi connectivity index (χ4n) is 0.818. The van der Waals surface area contributed by atoms with Crippen LogP contribution in [0.4, 0.5) is 15.8 Å². The lowest BCUT2D eigenvalue weighted by molar-refractivity contribution is -0.386. The van der Waals surface area contributed by atoms with Crippen LogP contribution in [0.1, 0.15) is 0 Å². The van der Waals surface area contributed by atoms with Crippen LogP contribution in [0.15, 0.2) is 16.6 Å². The molecule has 0 aliphatic carbocycles. The largest absolute Gasteiger partial charge is 0.314 e. The molecular formula is C7H2BrFN2O2. The highest BCUT2D eigenvalue weighted by Crippen LogP contribution is 2.33. The maximum Gasteiger partial charge on any atom is 0.314 e. The summed E-state index contributed by atoms with van der Waals surface area (Å²) in [4.78, 5) is 12.3. The van der Waals surface area contributed by atoms with Crippen molar-refractivity contribution < 1.29 is 9.31 Å². The standard InChI is InChI=1S/C7H2BrFN2O2/c1-10-6-3-4(8)2-5(9)7(6)11(12)13/h2-3H. The topological polar surface area (TPSA) is 47.5 Å². The van der Waals surface area contributed by atoms with Gasteiger partial charge in [0.15, 0.2) is 5.82 Å². The molecule has 0 spiro atoms. The molecule has 0 heterocycles. The Morgan fingerprint density at radius 2 is 2.23 bits per heavy atom. The van der Waals surface area contributed by atoms with E-state index in [1.165, 1.54) is 6.07 Å². The highest BCUT2D eigenvalue weighted by atomic mass is 79.9. The zero-order valence-corrected chi connectivity index (χ0v) is 7.71. The van der Waals surface area contributed by atoms with E-state index in [0.717, 1.165) is 6.07 Å². The second-order valence-corrected chi connectivity index (χ2v) is 3.04. The maximum atomic E-state index is 12.9. The summed E-state index contributed by atoms with van der Waals surface area (Å²) in [7, 11) is 0. The molecule has 1 aromatic carbocycles. The van der Waals surface area contributed by atoms with Gasteiger partial charge in [-0.3, -0.25) is 10.1 Å². The lowest BCUT2D eigenvalue weighted by Gasteiger charge is -1.97. The smallest absolute Gasteiger partial charge is 0.259 e. The number of hydrogen-bond acceptors (Lipinski definition) is 2. The van der Waals surface area contributed by atoms with Crippen LogP contribution in [-0.4, -0.2) is 4.92 Å². The van der Waals surface area contributed by atoms with Crippen molar-refractivity contribution in [3.05, 3.63) is 44.0 Å². The minimum Gasteiger partial charge on any atom is -0.259 e. The molecule has 6 heteroatoms. The van der Waals surface area contributed by atoms with Crippen molar-refractivity contribution >= 4 is 27.3 Å². The average Bonchev–Trinajstić information content (AvgIpc) is 2.01. The van der Waals surface area contributed by atoms with E-state index < -0.39 is 16.4 Å². The van der Waals surface area contributed by atoms with E-state index in [2.05, 4.69) is 20.8 Å². The predicted octanol–water partition coefficient (Wildman–Crippen LogP) is 3.05. The van der Waals surface area contributed by atoms with Crippen LogP contribution in [0.3, 0.4) is 0 Å². The molecule has 1 rings (SSSR count). The Kier molecular flexibility index (Phi) is 2.58. The molecule has 0 N–H and O–H groups in total. The van der Waals surface area contributed by atoms with Crippen molar-refractivity contribution in [2.75, 3.05) is 0 Å². The van der Waals surface area contributed by atoms with Gasteiger partial charge in [0.25, 0.3) is 5.69 Å². The lowest BCUT2D eigenvalue weighted by atomic mass is 10.2. The van der Waals surface area contributed by atoms with Gasteiger partial charge in [-0.25, -0.2) is 9.24 Å². The number of nitrogens with zero attached hydrogens (tertiary/aromatic N) is 2. The van der Waals surface area contributed by atoms with Gasteiger partial charge in [-0.1, -0.05) is 15.9 Å². The average molecular weight is 245 g/mol. The van der Waals surface area contributed by atoms with E-state index in [-0.39, 0.29) is 5.69 Å². The number of nitro groups is 1. The monoisotopic (exact) mass is 244 g/mol. The highest BCUT2D eigenvalue weighted by molar-refractivity contribution is 9.10. The molecule has 1 aromatic rings. The Morgan fingerprint density at radius 1 is 1.62 bits per heavy atom. The third kappa shape index (κ3) is 1.81. The minimum absolute atomic E-state index is 0.307. The molecule has 0 bridgehead atoms. The molecule has 0 radical (unpaired) electrons. The summed E-state index contributed by atoms with van der Waals surface area (Å²) in [6, 6.07) is 2.15. The van der Waals surface area contributed by atoms with Gasteiger partial charge in [0.05, 0.1) is 11.5 Å². The normalized spacial score (nSPS) is 9.31. The first-order valence-corrected chi connectivity index (χ1v) is 3.86. The van der Waals surface area contributed by atoms with Gasteiger partial charge in [0.2, 0.25) is 0 Å². The number of hydrogen-bond donors (Lipinski definition) is 0. The van der Waals surface area contributed by atoms with Gasteiger partial charge in [0, 0.05) is 4.47 Å². The van der Waals surface area contributed by atoms with Crippen LogP contribution in [0.2, 0.25) is 0 Å². The molecule has 0 aromatic heterocycles. The molecule has 0 amide bonds. The Bertz CT molecular complexity index is 414. The Hall–Kier alpha value is -1.48. The Labute approximate surface area is 81.1 Å². The van der Waals surface area contributed by atoms with Crippen molar-refractivity contribution in [1.82, 2.24) is 0 Å². The van der Waals surface area contributed by atoms with E-state index in [1.807, 2.05) is 0 Å². The number of rotatable bonds is 1. The fourth-order valence-corrected chi connectivity index (χ4v) is 1.24. The van der Waals surface area contributed by atoms with Crippen LogP contribution in [-0.2, 0) is 0 Å². The van der Waals surface area contributed by atoms with Gasteiger partial charge in [-0.15, -0.1) is 0 Å². The first-order chi connectivity index (χ1) is 6.06. The fraction of sp³-hybridized carbons (Fsp3) is 0. The van der Waals surface area contributed by atoms with E-state index in [1.54, 1.807) is 0 Å². The van der Waals surface area contributed by atoms with Gasteiger partial charge >= 0.3 is 5.69 Å². The summed E-state index contributed by atoms with van der Waals surface area (Å²) in [6.07, 6.45) is 0. The van der Waals surface area contributed by atoms with Gasteiger partial charge in [0.1, 0.15) is 0 Å². The van der Waals surface area contributed by atoms with E-state index in [4.69, 9.17) is 6.57 Å². The lowest BCUT2D eigenvalue weighted by Crippen LogP contribution is -1.92. The molecule has 0 atom stereocenters. The molecule has 0 aliphatic heterocycles. The van der Waals surface area contributed by atoms with Gasteiger partial charge in [-0.05, 0) is 12.1 Å². The van der Waals surface area contributed by atoms with Crippen molar-refractivity contribution in [3.8, 4) is 0 Å². The van der Waals surface area contributed by atoms with E-state index >= 15 is 0 Å². The van der Waals surface area contributed by atoms with Crippen LogP contribution in [0.25, 0.3) is 4.85 Å². The quantitative estimate of drug-likeness (QED) is 0.433. The molecule has 0 unspecified atom stereocenters. The molecule has 0 fully saturated rings. The predicted molar refractivity (Wildman–Crippen MR) is 47.0 cm³/mol. The molecule has 13 heavy (non-hydrogen) atoms. The first-order valence-electron chi connectivity index (χ1n) is 3.07. The van der Waals surface area contributed by atoms with Crippen LogP contribution in [0.5, 0.6) is 0 Å². The van der Waals surface area contributed by atoms with Crippen molar-refractivity contribution in [2.24, 2.45) is 0 Å². The number of nitro benzene ring substituents is 1. The summed E-state index contributed by atoms with van der Waals surface area (Å²) < 4.78 is 13.2. The molecule has 0 aliphatic rings. The molecular weight excluding hydrogens is 243 g/mol. The second kappa shape index (κ2) is 3.49. The first kappa shape index (κ1) is 9.61. The van der Waals surface area contributed by atoms with Crippen LogP contribution in [0, 0.1) is 22.5 Å². The number of benzene rings is 1. The zero-order chi connectivity index (χ0) is 10.0. The van der Waals surface area contributed by atoms with Gasteiger partial charge in [-0.2, -0.15) is 0 Å². The summed E-state index contributed by atoms with van der Waals surface area (Å²) >= 11 is 2.93. The van der Waals surface area contributed by atoms with Crippen LogP contribution < -0.4 is 0 Å². The minimum atomic E-state index is -1.01. The zero-order valence-electron chi connectivity index (χ0n) is 6.12. The highest BCUT2D eigenvalue weighted by Gasteiger charge is 2.20. The summed E-state index contributed by atoms with van der Waals surface area (Å²) in [5, 5.41) is 10.3. The third-order valence-electron chi connectivity index (χ3n) is 1.31. The van der Waals surface area contributed by atoms with Crippen molar-refractivity contribution in [1.29, 1.82) is 0 Å².